The van der Waals surface area contributed by atoms with E-state index in [9.17, 15) is 4.79 Å². The fourth-order valence-electron chi connectivity index (χ4n) is 1.69. The van der Waals surface area contributed by atoms with Gasteiger partial charge in [0.05, 0.1) is 16.1 Å². The highest BCUT2D eigenvalue weighted by Gasteiger charge is 2.11. The Hall–Kier alpha value is -2.31. The molecule has 2 aromatic rings. The Balaban J connectivity index is 2.60. The van der Waals surface area contributed by atoms with E-state index in [0.29, 0.717) is 21.7 Å². The molecule has 0 aromatic heterocycles. The summed E-state index contributed by atoms with van der Waals surface area (Å²) in [6.07, 6.45) is 0. The first-order valence-corrected chi connectivity index (χ1v) is 5.53. The van der Waals surface area contributed by atoms with Crippen molar-refractivity contribution in [3.05, 3.63) is 58.6 Å². The highest BCUT2D eigenvalue weighted by Crippen LogP contribution is 2.27. The van der Waals surface area contributed by atoms with E-state index in [1.54, 1.807) is 36.4 Å². The van der Waals surface area contributed by atoms with Gasteiger partial charge in [-0.3, -0.25) is 0 Å². The van der Waals surface area contributed by atoms with Crippen LogP contribution in [0.3, 0.4) is 0 Å². The number of halogens is 1. The van der Waals surface area contributed by atoms with Crippen LogP contribution in [-0.2, 0) is 0 Å². The molecule has 0 spiro atoms. The van der Waals surface area contributed by atoms with Crippen LogP contribution in [0, 0.1) is 11.3 Å². The first-order valence-electron chi connectivity index (χ1n) is 5.16. The topological polar surface area (TPSA) is 61.1 Å². The van der Waals surface area contributed by atoms with Crippen molar-refractivity contribution in [3.8, 4) is 17.2 Å². The third kappa shape index (κ3) is 2.20. The van der Waals surface area contributed by atoms with Gasteiger partial charge in [0, 0.05) is 0 Å². The summed E-state index contributed by atoms with van der Waals surface area (Å²) in [5.74, 6) is -0.994. The van der Waals surface area contributed by atoms with Gasteiger partial charge in [-0.2, -0.15) is 5.26 Å². The molecule has 0 bridgehead atoms. The molecule has 3 nitrogen and oxygen atoms in total. The van der Waals surface area contributed by atoms with Crippen LogP contribution in [0.4, 0.5) is 0 Å². The fraction of sp³-hybridized carbons (Fsp3) is 0. The lowest BCUT2D eigenvalue weighted by Gasteiger charge is -2.07. The Morgan fingerprint density at radius 3 is 2.56 bits per heavy atom. The van der Waals surface area contributed by atoms with E-state index in [2.05, 4.69) is 0 Å². The van der Waals surface area contributed by atoms with E-state index >= 15 is 0 Å². The zero-order valence-corrected chi connectivity index (χ0v) is 9.98. The maximum absolute atomic E-state index is 11.1. The molecule has 2 rings (SSSR count). The Morgan fingerprint density at radius 2 is 1.94 bits per heavy atom. The average Bonchev–Trinajstić information content (AvgIpc) is 2.38. The minimum absolute atomic E-state index is 0.207. The summed E-state index contributed by atoms with van der Waals surface area (Å²) in [6, 6.07) is 13.5. The van der Waals surface area contributed by atoms with Crippen molar-refractivity contribution >= 4 is 17.6 Å². The lowest BCUT2D eigenvalue weighted by atomic mass is 9.99. The van der Waals surface area contributed by atoms with Gasteiger partial charge in [0.25, 0.3) is 0 Å². The predicted octanol–water partition coefficient (Wildman–Crippen LogP) is 3.58. The molecule has 0 saturated carbocycles. The largest absolute Gasteiger partial charge is 0.478 e. The molecule has 0 aliphatic carbocycles. The fourth-order valence-corrected chi connectivity index (χ4v) is 1.92. The van der Waals surface area contributed by atoms with Gasteiger partial charge in [-0.05, 0) is 29.3 Å². The van der Waals surface area contributed by atoms with Crippen LogP contribution in [-0.4, -0.2) is 11.1 Å². The van der Waals surface area contributed by atoms with Crippen molar-refractivity contribution in [2.45, 2.75) is 0 Å². The molecule has 0 fully saturated rings. The molecule has 0 aliphatic heterocycles. The van der Waals surface area contributed by atoms with Gasteiger partial charge in [0.2, 0.25) is 0 Å². The molecule has 0 atom stereocenters. The number of carboxylic acid groups (broad SMARTS) is 1. The number of carboxylic acids is 1. The lowest BCUT2D eigenvalue weighted by Crippen LogP contribution is -1.99. The molecule has 18 heavy (non-hydrogen) atoms. The standard InChI is InChI=1S/C14H8ClNO2/c15-13-7-9(5-6-10(13)8-16)11-3-1-2-4-12(11)14(17)18/h1-7H,(H,17,18). The van der Waals surface area contributed by atoms with Gasteiger partial charge < -0.3 is 5.11 Å². The van der Waals surface area contributed by atoms with E-state index < -0.39 is 5.97 Å². The lowest BCUT2D eigenvalue weighted by molar-refractivity contribution is 0.0697. The minimum atomic E-state index is -0.994. The summed E-state index contributed by atoms with van der Waals surface area (Å²) in [5.41, 5.74) is 1.83. The molecule has 0 heterocycles. The second-order valence-electron chi connectivity index (χ2n) is 3.66. The molecule has 0 amide bonds. The molecule has 0 radical (unpaired) electrons. The van der Waals surface area contributed by atoms with Crippen LogP contribution >= 0.6 is 11.6 Å². The van der Waals surface area contributed by atoms with Gasteiger partial charge in [0.1, 0.15) is 6.07 Å². The molecular formula is C14H8ClNO2. The van der Waals surface area contributed by atoms with Crippen molar-refractivity contribution in [3.63, 3.8) is 0 Å². The summed E-state index contributed by atoms with van der Waals surface area (Å²) in [6.45, 7) is 0. The van der Waals surface area contributed by atoms with Crippen molar-refractivity contribution in [2.75, 3.05) is 0 Å². The van der Waals surface area contributed by atoms with Crippen molar-refractivity contribution in [2.24, 2.45) is 0 Å². The molecule has 2 aromatic carbocycles. The molecule has 0 saturated heterocycles. The van der Waals surface area contributed by atoms with E-state index in [-0.39, 0.29) is 5.56 Å². The number of hydrogen-bond donors (Lipinski definition) is 1. The highest BCUT2D eigenvalue weighted by molar-refractivity contribution is 6.32. The van der Waals surface area contributed by atoms with Crippen LogP contribution in [0.1, 0.15) is 15.9 Å². The molecular weight excluding hydrogens is 250 g/mol. The van der Waals surface area contributed by atoms with Gasteiger partial charge in [-0.25, -0.2) is 4.79 Å². The number of rotatable bonds is 2. The van der Waals surface area contributed by atoms with Crippen molar-refractivity contribution in [1.29, 1.82) is 5.26 Å². The van der Waals surface area contributed by atoms with Crippen molar-refractivity contribution < 1.29 is 9.90 Å². The number of nitriles is 1. The molecule has 1 N–H and O–H groups in total. The first kappa shape index (κ1) is 12.2. The van der Waals surface area contributed by atoms with Crippen LogP contribution < -0.4 is 0 Å². The summed E-state index contributed by atoms with van der Waals surface area (Å²) in [5, 5.41) is 18.2. The maximum atomic E-state index is 11.1. The Labute approximate surface area is 109 Å². The van der Waals surface area contributed by atoms with Crippen LogP contribution in [0.2, 0.25) is 5.02 Å². The quantitative estimate of drug-likeness (QED) is 0.894. The third-order valence-electron chi connectivity index (χ3n) is 2.56. The van der Waals surface area contributed by atoms with Crippen LogP contribution in [0.25, 0.3) is 11.1 Å². The molecule has 0 aliphatic rings. The number of benzene rings is 2. The summed E-state index contributed by atoms with van der Waals surface area (Å²) < 4.78 is 0. The maximum Gasteiger partial charge on any atom is 0.336 e. The van der Waals surface area contributed by atoms with Crippen LogP contribution in [0.5, 0.6) is 0 Å². The number of aromatic carboxylic acids is 1. The van der Waals surface area contributed by atoms with Gasteiger partial charge in [0.15, 0.2) is 0 Å². The zero-order chi connectivity index (χ0) is 13.1. The van der Waals surface area contributed by atoms with E-state index in [0.717, 1.165) is 0 Å². The summed E-state index contributed by atoms with van der Waals surface area (Å²) in [4.78, 5) is 11.1. The monoisotopic (exact) mass is 257 g/mol. The van der Waals surface area contributed by atoms with E-state index in [1.165, 1.54) is 6.07 Å². The number of nitrogens with zero attached hydrogens (tertiary/aromatic N) is 1. The minimum Gasteiger partial charge on any atom is -0.478 e. The van der Waals surface area contributed by atoms with Crippen molar-refractivity contribution in [1.82, 2.24) is 0 Å². The zero-order valence-electron chi connectivity index (χ0n) is 9.22. The number of hydrogen-bond acceptors (Lipinski definition) is 2. The van der Waals surface area contributed by atoms with Gasteiger partial charge in [-0.15, -0.1) is 0 Å². The Kier molecular flexibility index (Phi) is 3.31. The molecule has 88 valence electrons. The normalized spacial score (nSPS) is 9.78. The highest BCUT2D eigenvalue weighted by atomic mass is 35.5. The Bertz CT molecular complexity index is 659. The second-order valence-corrected chi connectivity index (χ2v) is 4.06. The predicted molar refractivity (Wildman–Crippen MR) is 68.6 cm³/mol. The molecule has 0 unspecified atom stereocenters. The molecule has 4 heteroatoms. The van der Waals surface area contributed by atoms with Crippen LogP contribution in [0.15, 0.2) is 42.5 Å². The van der Waals surface area contributed by atoms with Gasteiger partial charge >= 0.3 is 5.97 Å². The average molecular weight is 258 g/mol. The smallest absolute Gasteiger partial charge is 0.336 e. The van der Waals surface area contributed by atoms with E-state index in [1.807, 2.05) is 6.07 Å². The Morgan fingerprint density at radius 1 is 1.22 bits per heavy atom. The first-order chi connectivity index (χ1) is 8.63. The van der Waals surface area contributed by atoms with Gasteiger partial charge in [-0.1, -0.05) is 35.9 Å². The number of carbonyl (C=O) groups is 1. The third-order valence-corrected chi connectivity index (χ3v) is 2.87. The van der Waals surface area contributed by atoms with E-state index in [4.69, 9.17) is 22.0 Å². The summed E-state index contributed by atoms with van der Waals surface area (Å²) >= 11 is 5.94. The second kappa shape index (κ2) is 4.91. The summed E-state index contributed by atoms with van der Waals surface area (Å²) in [7, 11) is 0. The SMILES string of the molecule is N#Cc1ccc(-c2ccccc2C(=O)O)cc1Cl.